The first kappa shape index (κ1) is 9.60. The van der Waals surface area contributed by atoms with Gasteiger partial charge < -0.3 is 0 Å². The zero-order valence-electron chi connectivity index (χ0n) is 7.68. The molecule has 2 N–H and O–H groups in total. The van der Waals surface area contributed by atoms with Crippen LogP contribution in [0.15, 0.2) is 35.3 Å². The van der Waals surface area contributed by atoms with E-state index < -0.39 is 0 Å². The molecular formula is C9H8N4OS. The molecule has 2 heterocycles. The third-order valence-corrected chi connectivity index (χ3v) is 2.22. The highest BCUT2D eigenvalue weighted by molar-refractivity contribution is 7.07. The van der Waals surface area contributed by atoms with E-state index in [1.807, 2.05) is 6.07 Å². The molecule has 1 amide bonds. The second kappa shape index (κ2) is 4.52. The number of thiazole rings is 1. The first-order valence-corrected chi connectivity index (χ1v) is 5.16. The Morgan fingerprint density at radius 2 is 2.27 bits per heavy atom. The maximum absolute atomic E-state index is 11.4. The number of anilines is 1. The lowest BCUT2D eigenvalue weighted by Gasteiger charge is -2.04. The number of amides is 1. The van der Waals surface area contributed by atoms with Crippen LogP contribution in [0, 0.1) is 0 Å². The van der Waals surface area contributed by atoms with Crippen molar-refractivity contribution >= 4 is 23.1 Å². The summed E-state index contributed by atoms with van der Waals surface area (Å²) in [4.78, 5) is 19.3. The fourth-order valence-corrected chi connectivity index (χ4v) is 1.48. The molecule has 5 nitrogen and oxygen atoms in total. The average Bonchev–Trinajstić information content (AvgIpc) is 2.81. The van der Waals surface area contributed by atoms with E-state index in [1.54, 1.807) is 29.2 Å². The summed E-state index contributed by atoms with van der Waals surface area (Å²) < 4.78 is 0. The minimum Gasteiger partial charge on any atom is -0.282 e. The SMILES string of the molecule is O=C(NNc1ccccn1)c1cscn1. The Labute approximate surface area is 90.2 Å². The van der Waals surface area contributed by atoms with Crippen LogP contribution in [0.2, 0.25) is 0 Å². The number of carbonyl (C=O) groups excluding carboxylic acids is 1. The standard InChI is InChI=1S/C9H8N4OS/c14-9(7-5-15-6-11-7)13-12-8-3-1-2-4-10-8/h1-6H,(H,10,12)(H,13,14). The Morgan fingerprint density at radius 3 is 2.93 bits per heavy atom. The molecule has 2 rings (SSSR count). The van der Waals surface area contributed by atoms with Gasteiger partial charge in [-0.2, -0.15) is 0 Å². The largest absolute Gasteiger partial charge is 0.289 e. The second-order valence-electron chi connectivity index (χ2n) is 2.67. The van der Waals surface area contributed by atoms with Crippen LogP contribution >= 0.6 is 11.3 Å². The second-order valence-corrected chi connectivity index (χ2v) is 3.39. The number of pyridine rings is 1. The lowest BCUT2D eigenvalue weighted by molar-refractivity contribution is 0.0958. The normalized spacial score (nSPS) is 9.60. The predicted molar refractivity (Wildman–Crippen MR) is 57.4 cm³/mol. The number of aromatic nitrogens is 2. The van der Waals surface area contributed by atoms with Crippen molar-refractivity contribution in [3.05, 3.63) is 41.0 Å². The van der Waals surface area contributed by atoms with Gasteiger partial charge in [0.25, 0.3) is 5.91 Å². The lowest BCUT2D eigenvalue weighted by atomic mass is 10.5. The van der Waals surface area contributed by atoms with Gasteiger partial charge >= 0.3 is 0 Å². The molecule has 2 aromatic heterocycles. The van der Waals surface area contributed by atoms with Crippen molar-refractivity contribution in [1.29, 1.82) is 0 Å². The van der Waals surface area contributed by atoms with Gasteiger partial charge in [0.2, 0.25) is 0 Å². The molecule has 6 heteroatoms. The predicted octanol–water partition coefficient (Wildman–Crippen LogP) is 1.29. The van der Waals surface area contributed by atoms with Crippen LogP contribution in [0.1, 0.15) is 10.5 Å². The Morgan fingerprint density at radius 1 is 1.33 bits per heavy atom. The first-order chi connectivity index (χ1) is 7.36. The van der Waals surface area contributed by atoms with Crippen molar-refractivity contribution in [2.45, 2.75) is 0 Å². The van der Waals surface area contributed by atoms with Gasteiger partial charge in [0.05, 0.1) is 5.51 Å². The molecule has 0 spiro atoms. The number of hydrazine groups is 1. The number of hydrogen-bond acceptors (Lipinski definition) is 5. The zero-order valence-corrected chi connectivity index (χ0v) is 8.49. The van der Waals surface area contributed by atoms with Crippen molar-refractivity contribution in [2.24, 2.45) is 0 Å². The average molecular weight is 220 g/mol. The zero-order chi connectivity index (χ0) is 10.5. The number of hydrogen-bond donors (Lipinski definition) is 2. The number of carbonyl (C=O) groups is 1. The Bertz CT molecular complexity index is 429. The van der Waals surface area contributed by atoms with E-state index in [2.05, 4.69) is 20.8 Å². The molecule has 0 bridgehead atoms. The molecule has 0 aliphatic heterocycles. The first-order valence-electron chi connectivity index (χ1n) is 4.22. The summed E-state index contributed by atoms with van der Waals surface area (Å²) >= 11 is 1.37. The summed E-state index contributed by atoms with van der Waals surface area (Å²) in [6.45, 7) is 0. The molecule has 0 saturated carbocycles. The topological polar surface area (TPSA) is 66.9 Å². The van der Waals surface area contributed by atoms with Crippen LogP contribution in [-0.4, -0.2) is 15.9 Å². The molecule has 0 radical (unpaired) electrons. The van der Waals surface area contributed by atoms with Gasteiger partial charge in [-0.15, -0.1) is 11.3 Å². The Balaban J connectivity index is 1.92. The number of nitrogens with zero attached hydrogens (tertiary/aromatic N) is 2. The summed E-state index contributed by atoms with van der Waals surface area (Å²) in [5.74, 6) is 0.308. The molecule has 76 valence electrons. The summed E-state index contributed by atoms with van der Waals surface area (Å²) in [7, 11) is 0. The van der Waals surface area contributed by atoms with Gasteiger partial charge in [-0.1, -0.05) is 6.07 Å². The highest BCUT2D eigenvalue weighted by Gasteiger charge is 2.05. The van der Waals surface area contributed by atoms with Gasteiger partial charge in [-0.05, 0) is 12.1 Å². The molecule has 0 unspecified atom stereocenters. The van der Waals surface area contributed by atoms with Crippen molar-refractivity contribution in [3.63, 3.8) is 0 Å². The van der Waals surface area contributed by atoms with E-state index in [-0.39, 0.29) is 5.91 Å². The molecule has 0 saturated heterocycles. The fraction of sp³-hybridized carbons (Fsp3) is 0. The molecule has 2 aromatic rings. The summed E-state index contributed by atoms with van der Waals surface area (Å²) in [5.41, 5.74) is 7.18. The number of rotatable bonds is 3. The van der Waals surface area contributed by atoms with Crippen molar-refractivity contribution in [3.8, 4) is 0 Å². The van der Waals surface area contributed by atoms with Gasteiger partial charge in [0.15, 0.2) is 0 Å². The van der Waals surface area contributed by atoms with Crippen molar-refractivity contribution in [2.75, 3.05) is 5.43 Å². The fourth-order valence-electron chi connectivity index (χ4n) is 0.946. The van der Waals surface area contributed by atoms with Crippen LogP contribution < -0.4 is 10.9 Å². The quantitative estimate of drug-likeness (QED) is 0.765. The van der Waals surface area contributed by atoms with E-state index in [0.717, 1.165) is 0 Å². The molecule has 0 fully saturated rings. The summed E-state index contributed by atoms with van der Waals surface area (Å²) in [6, 6.07) is 5.37. The van der Waals surface area contributed by atoms with Crippen LogP contribution in [0.5, 0.6) is 0 Å². The van der Waals surface area contributed by atoms with E-state index >= 15 is 0 Å². The van der Waals surface area contributed by atoms with Gasteiger partial charge in [-0.25, -0.2) is 9.97 Å². The summed E-state index contributed by atoms with van der Waals surface area (Å²) in [6.07, 6.45) is 1.64. The van der Waals surface area contributed by atoms with E-state index in [0.29, 0.717) is 11.5 Å². The van der Waals surface area contributed by atoms with Crippen LogP contribution in [0.25, 0.3) is 0 Å². The Kier molecular flexibility index (Phi) is 2.89. The maximum Gasteiger partial charge on any atom is 0.289 e. The van der Waals surface area contributed by atoms with Crippen LogP contribution in [0.4, 0.5) is 5.82 Å². The van der Waals surface area contributed by atoms with Gasteiger partial charge in [0.1, 0.15) is 11.5 Å². The van der Waals surface area contributed by atoms with Crippen molar-refractivity contribution in [1.82, 2.24) is 15.4 Å². The lowest BCUT2D eigenvalue weighted by Crippen LogP contribution is -2.29. The van der Waals surface area contributed by atoms with Gasteiger partial charge in [0, 0.05) is 11.6 Å². The smallest absolute Gasteiger partial charge is 0.282 e. The molecule has 0 atom stereocenters. The monoisotopic (exact) mass is 220 g/mol. The van der Waals surface area contributed by atoms with Crippen molar-refractivity contribution < 1.29 is 4.79 Å². The van der Waals surface area contributed by atoms with E-state index in [1.165, 1.54) is 11.3 Å². The third-order valence-electron chi connectivity index (χ3n) is 1.63. The molecule has 0 aliphatic carbocycles. The highest BCUT2D eigenvalue weighted by atomic mass is 32.1. The maximum atomic E-state index is 11.4. The van der Waals surface area contributed by atoms with E-state index in [4.69, 9.17) is 0 Å². The number of nitrogens with one attached hydrogen (secondary N) is 2. The highest BCUT2D eigenvalue weighted by Crippen LogP contribution is 2.01. The van der Waals surface area contributed by atoms with Crippen LogP contribution in [0.3, 0.4) is 0 Å². The molecule has 0 aromatic carbocycles. The minimum atomic E-state index is -0.276. The molecule has 0 aliphatic rings. The Hall–Kier alpha value is -1.95. The minimum absolute atomic E-state index is 0.276. The molecular weight excluding hydrogens is 212 g/mol. The van der Waals surface area contributed by atoms with Crippen LogP contribution in [-0.2, 0) is 0 Å². The van der Waals surface area contributed by atoms with Gasteiger partial charge in [-0.3, -0.25) is 15.6 Å². The third kappa shape index (κ3) is 2.50. The van der Waals surface area contributed by atoms with E-state index in [9.17, 15) is 4.79 Å². The summed E-state index contributed by atoms with van der Waals surface area (Å²) in [5, 5.41) is 1.68. The molecule has 15 heavy (non-hydrogen) atoms.